The lowest BCUT2D eigenvalue weighted by molar-refractivity contribution is -0.139. The van der Waals surface area contributed by atoms with Crippen molar-refractivity contribution in [3.05, 3.63) is 0 Å². The first kappa shape index (κ1) is 17.5. The lowest BCUT2D eigenvalue weighted by Gasteiger charge is -2.31. The number of rotatable bonds is 6. The molecule has 2 N–H and O–H groups in total. The Morgan fingerprint density at radius 2 is 1.90 bits per heavy atom. The van der Waals surface area contributed by atoms with E-state index in [2.05, 4.69) is 5.32 Å². The average Bonchev–Trinajstić information content (AvgIpc) is 2.37. The Kier molecular flexibility index (Phi) is 6.73. The highest BCUT2D eigenvalue weighted by Gasteiger charge is 2.28. The zero-order chi connectivity index (χ0) is 15.9. The molecular formula is C12H19F3N2O4. The second kappa shape index (κ2) is 8.06. The molecule has 0 spiro atoms. The Hall–Kier alpha value is -1.51. The quantitative estimate of drug-likeness (QED) is 0.781. The maximum absolute atomic E-state index is 12.0. The minimum absolute atomic E-state index is 0.0713. The fourth-order valence-corrected chi connectivity index (χ4v) is 1.96. The molecule has 1 aliphatic heterocycles. The number of piperidine rings is 1. The van der Waals surface area contributed by atoms with Gasteiger partial charge in [0, 0.05) is 19.6 Å². The maximum atomic E-state index is 12.0. The van der Waals surface area contributed by atoms with E-state index in [-0.39, 0.29) is 19.1 Å². The first-order chi connectivity index (χ1) is 9.78. The first-order valence-corrected chi connectivity index (χ1v) is 6.71. The SMILES string of the molecule is O=C(O)CCOC1CCN(C(=O)NCCC(F)(F)F)CC1. The smallest absolute Gasteiger partial charge is 0.390 e. The number of carboxylic acids is 1. The van der Waals surface area contributed by atoms with Crippen molar-refractivity contribution in [2.24, 2.45) is 0 Å². The highest BCUT2D eigenvalue weighted by Crippen LogP contribution is 2.18. The highest BCUT2D eigenvalue weighted by molar-refractivity contribution is 5.74. The van der Waals surface area contributed by atoms with Gasteiger partial charge in [-0.2, -0.15) is 13.2 Å². The van der Waals surface area contributed by atoms with Crippen LogP contribution in [0.4, 0.5) is 18.0 Å². The molecule has 0 atom stereocenters. The lowest BCUT2D eigenvalue weighted by atomic mass is 10.1. The van der Waals surface area contributed by atoms with E-state index in [9.17, 15) is 22.8 Å². The van der Waals surface area contributed by atoms with Crippen molar-refractivity contribution in [1.29, 1.82) is 0 Å². The third-order valence-electron chi connectivity index (χ3n) is 3.08. The number of hydrogen-bond donors (Lipinski definition) is 2. The van der Waals surface area contributed by atoms with Crippen LogP contribution in [0.1, 0.15) is 25.7 Å². The number of halogens is 3. The first-order valence-electron chi connectivity index (χ1n) is 6.71. The normalized spacial score (nSPS) is 16.8. The summed E-state index contributed by atoms with van der Waals surface area (Å²) < 4.78 is 41.2. The summed E-state index contributed by atoms with van der Waals surface area (Å²) >= 11 is 0. The van der Waals surface area contributed by atoms with Gasteiger partial charge in [-0.05, 0) is 12.8 Å². The van der Waals surface area contributed by atoms with Gasteiger partial charge in [0.15, 0.2) is 0 Å². The molecule has 0 saturated carbocycles. The summed E-state index contributed by atoms with van der Waals surface area (Å²) in [5.41, 5.74) is 0. The highest BCUT2D eigenvalue weighted by atomic mass is 19.4. The van der Waals surface area contributed by atoms with Gasteiger partial charge in [0.2, 0.25) is 0 Å². The molecule has 1 heterocycles. The van der Waals surface area contributed by atoms with E-state index >= 15 is 0 Å². The van der Waals surface area contributed by atoms with Crippen LogP contribution in [-0.2, 0) is 9.53 Å². The third-order valence-corrected chi connectivity index (χ3v) is 3.08. The molecule has 2 amide bonds. The lowest BCUT2D eigenvalue weighted by Crippen LogP contribution is -2.46. The van der Waals surface area contributed by atoms with Crippen LogP contribution in [-0.4, -0.2) is 60.5 Å². The van der Waals surface area contributed by atoms with Gasteiger partial charge in [-0.1, -0.05) is 0 Å². The number of carbonyl (C=O) groups excluding carboxylic acids is 1. The number of urea groups is 1. The fraction of sp³-hybridized carbons (Fsp3) is 0.833. The van der Waals surface area contributed by atoms with Crippen LogP contribution >= 0.6 is 0 Å². The van der Waals surface area contributed by atoms with Crippen molar-refractivity contribution in [2.45, 2.75) is 38.0 Å². The number of carboxylic acid groups (broad SMARTS) is 1. The molecule has 21 heavy (non-hydrogen) atoms. The van der Waals surface area contributed by atoms with E-state index in [1.165, 1.54) is 4.90 Å². The fourth-order valence-electron chi connectivity index (χ4n) is 1.96. The standard InChI is InChI=1S/C12H19F3N2O4/c13-12(14,15)4-5-16-11(20)17-6-1-9(2-7-17)21-8-3-10(18)19/h9H,1-8H2,(H,16,20)(H,18,19). The molecule has 0 unspecified atom stereocenters. The van der Waals surface area contributed by atoms with Crippen molar-refractivity contribution in [2.75, 3.05) is 26.2 Å². The third kappa shape index (κ3) is 7.74. The summed E-state index contributed by atoms with van der Waals surface area (Å²) in [6, 6.07) is -0.511. The molecule has 1 saturated heterocycles. The van der Waals surface area contributed by atoms with Crippen LogP contribution < -0.4 is 5.32 Å². The number of amides is 2. The zero-order valence-corrected chi connectivity index (χ0v) is 11.5. The Bertz CT molecular complexity index is 355. The van der Waals surface area contributed by atoms with Crippen molar-refractivity contribution in [1.82, 2.24) is 10.2 Å². The van der Waals surface area contributed by atoms with Gasteiger partial charge in [-0.25, -0.2) is 4.79 Å². The minimum atomic E-state index is -4.28. The summed E-state index contributed by atoms with van der Waals surface area (Å²) in [4.78, 5) is 23.4. The molecule has 1 fully saturated rings. The molecule has 0 bridgehead atoms. The number of aliphatic carboxylic acids is 1. The second-order valence-corrected chi connectivity index (χ2v) is 4.80. The molecule has 1 aliphatic rings. The topological polar surface area (TPSA) is 78.9 Å². The predicted octanol–water partition coefficient (Wildman–Crippen LogP) is 1.60. The summed E-state index contributed by atoms with van der Waals surface area (Å²) in [5.74, 6) is -0.934. The molecule has 122 valence electrons. The molecule has 1 rings (SSSR count). The van der Waals surface area contributed by atoms with Crippen LogP contribution in [0, 0.1) is 0 Å². The maximum Gasteiger partial charge on any atom is 0.390 e. The van der Waals surface area contributed by atoms with Crippen LogP contribution in [0.2, 0.25) is 0 Å². The van der Waals surface area contributed by atoms with E-state index in [0.717, 1.165) is 0 Å². The summed E-state index contributed by atoms with van der Waals surface area (Å²) in [7, 11) is 0. The van der Waals surface area contributed by atoms with Crippen LogP contribution in [0.15, 0.2) is 0 Å². The molecule has 0 aliphatic carbocycles. The zero-order valence-electron chi connectivity index (χ0n) is 11.5. The molecule has 0 aromatic heterocycles. The van der Waals surface area contributed by atoms with Crippen LogP contribution in [0.5, 0.6) is 0 Å². The van der Waals surface area contributed by atoms with E-state index in [1.807, 2.05) is 0 Å². The predicted molar refractivity (Wildman–Crippen MR) is 66.9 cm³/mol. The molecule has 6 nitrogen and oxygen atoms in total. The van der Waals surface area contributed by atoms with E-state index in [4.69, 9.17) is 9.84 Å². The number of alkyl halides is 3. The van der Waals surface area contributed by atoms with Gasteiger partial charge < -0.3 is 20.1 Å². The van der Waals surface area contributed by atoms with Crippen molar-refractivity contribution < 1.29 is 32.6 Å². The number of nitrogens with zero attached hydrogens (tertiary/aromatic N) is 1. The van der Waals surface area contributed by atoms with Crippen LogP contribution in [0.25, 0.3) is 0 Å². The van der Waals surface area contributed by atoms with Gasteiger partial charge in [-0.3, -0.25) is 4.79 Å². The number of likely N-dealkylation sites (tertiary alicyclic amines) is 1. The van der Waals surface area contributed by atoms with Gasteiger partial charge in [0.1, 0.15) is 0 Å². The van der Waals surface area contributed by atoms with Crippen molar-refractivity contribution in [3.63, 3.8) is 0 Å². The van der Waals surface area contributed by atoms with Crippen LogP contribution in [0.3, 0.4) is 0 Å². The summed E-state index contributed by atoms with van der Waals surface area (Å²) in [6.07, 6.45) is -4.41. The number of hydrogen-bond acceptors (Lipinski definition) is 3. The van der Waals surface area contributed by atoms with Crippen molar-refractivity contribution >= 4 is 12.0 Å². The molecule has 9 heteroatoms. The summed E-state index contributed by atoms with van der Waals surface area (Å²) in [6.45, 7) is 0.459. The average molecular weight is 312 g/mol. The van der Waals surface area contributed by atoms with Gasteiger partial charge >= 0.3 is 18.2 Å². The van der Waals surface area contributed by atoms with E-state index in [1.54, 1.807) is 0 Å². The monoisotopic (exact) mass is 312 g/mol. The molecule has 0 aromatic rings. The molecule has 0 aromatic carbocycles. The minimum Gasteiger partial charge on any atom is -0.481 e. The molecule has 0 radical (unpaired) electrons. The Balaban J connectivity index is 2.17. The number of ether oxygens (including phenoxy) is 1. The van der Waals surface area contributed by atoms with Gasteiger partial charge in [-0.15, -0.1) is 0 Å². The van der Waals surface area contributed by atoms with E-state index in [0.29, 0.717) is 25.9 Å². The van der Waals surface area contributed by atoms with Crippen molar-refractivity contribution in [3.8, 4) is 0 Å². The Morgan fingerprint density at radius 3 is 2.43 bits per heavy atom. The van der Waals surface area contributed by atoms with Gasteiger partial charge in [0.25, 0.3) is 0 Å². The number of carbonyl (C=O) groups is 2. The Labute approximate surface area is 120 Å². The number of nitrogens with one attached hydrogen (secondary N) is 1. The largest absolute Gasteiger partial charge is 0.481 e. The Morgan fingerprint density at radius 1 is 1.29 bits per heavy atom. The second-order valence-electron chi connectivity index (χ2n) is 4.80. The summed E-state index contributed by atoms with van der Waals surface area (Å²) in [5, 5.41) is 10.7. The van der Waals surface area contributed by atoms with E-state index < -0.39 is 31.1 Å². The van der Waals surface area contributed by atoms with Gasteiger partial charge in [0.05, 0.1) is 25.6 Å². The molecular weight excluding hydrogens is 293 g/mol.